The first-order valence-electron chi connectivity index (χ1n) is 6.01. The molecule has 0 saturated heterocycles. The average Bonchev–Trinajstić information content (AvgIpc) is 2.42. The highest BCUT2D eigenvalue weighted by molar-refractivity contribution is 9.10. The van der Waals surface area contributed by atoms with Gasteiger partial charge in [0, 0.05) is 10.0 Å². The predicted octanol–water partition coefficient (Wildman–Crippen LogP) is 5.34. The van der Waals surface area contributed by atoms with Crippen LogP contribution in [0.2, 0.25) is 5.02 Å². The highest BCUT2D eigenvalue weighted by Gasteiger charge is 2.13. The summed E-state index contributed by atoms with van der Waals surface area (Å²) in [5.41, 5.74) is 0.765. The number of aliphatic hydroxyl groups excluding tert-OH is 1. The topological polar surface area (TPSA) is 29.5 Å². The van der Waals surface area contributed by atoms with Gasteiger partial charge in [0.1, 0.15) is 11.5 Å². The van der Waals surface area contributed by atoms with Gasteiger partial charge in [0.15, 0.2) is 0 Å². The number of hydrogen-bond donors (Lipinski definition) is 1. The number of halogens is 2. The molecular formula is C15H14BrClO2. The maximum Gasteiger partial charge on any atom is 0.147 e. The summed E-state index contributed by atoms with van der Waals surface area (Å²) in [6.07, 6.45) is 0.0918. The maximum absolute atomic E-state index is 9.99. The SMILES string of the molecule is CC[C@@H](O)c1ccccc1Oc1cc(Br)ccc1Cl. The van der Waals surface area contributed by atoms with Crippen LogP contribution >= 0.6 is 27.5 Å². The van der Waals surface area contributed by atoms with Crippen LogP contribution < -0.4 is 4.74 Å². The Morgan fingerprint density at radius 3 is 2.68 bits per heavy atom. The fraction of sp³-hybridized carbons (Fsp3) is 0.200. The fourth-order valence-electron chi connectivity index (χ4n) is 1.74. The van der Waals surface area contributed by atoms with Crippen molar-refractivity contribution in [2.24, 2.45) is 0 Å². The van der Waals surface area contributed by atoms with Crippen LogP contribution in [0.1, 0.15) is 25.0 Å². The van der Waals surface area contributed by atoms with Gasteiger partial charge < -0.3 is 9.84 Å². The summed E-state index contributed by atoms with van der Waals surface area (Å²) in [5, 5.41) is 10.5. The van der Waals surface area contributed by atoms with Crippen molar-refractivity contribution >= 4 is 27.5 Å². The van der Waals surface area contributed by atoms with Gasteiger partial charge in [0.2, 0.25) is 0 Å². The molecule has 0 fully saturated rings. The quantitative estimate of drug-likeness (QED) is 0.813. The van der Waals surface area contributed by atoms with Crippen LogP contribution in [0.4, 0.5) is 0 Å². The minimum Gasteiger partial charge on any atom is -0.455 e. The standard InChI is InChI=1S/C15H14BrClO2/c1-2-13(18)11-5-3-4-6-14(11)19-15-9-10(16)7-8-12(15)17/h3-9,13,18H,2H2,1H3/t13-/m1/s1. The van der Waals surface area contributed by atoms with Crippen LogP contribution in [-0.2, 0) is 0 Å². The van der Waals surface area contributed by atoms with E-state index in [-0.39, 0.29) is 0 Å². The molecule has 2 nitrogen and oxygen atoms in total. The molecule has 0 aliphatic carbocycles. The van der Waals surface area contributed by atoms with E-state index >= 15 is 0 Å². The Morgan fingerprint density at radius 1 is 1.21 bits per heavy atom. The molecule has 0 bridgehead atoms. The lowest BCUT2D eigenvalue weighted by Crippen LogP contribution is -1.98. The second kappa shape index (κ2) is 6.42. The third-order valence-electron chi connectivity index (χ3n) is 2.78. The summed E-state index contributed by atoms with van der Waals surface area (Å²) in [4.78, 5) is 0. The predicted molar refractivity (Wildman–Crippen MR) is 80.9 cm³/mol. The Balaban J connectivity index is 2.35. The molecule has 0 spiro atoms. The fourth-order valence-corrected chi connectivity index (χ4v) is 2.24. The first-order chi connectivity index (χ1) is 9.11. The summed E-state index contributed by atoms with van der Waals surface area (Å²) in [6, 6.07) is 12.8. The van der Waals surface area contributed by atoms with E-state index in [1.807, 2.05) is 37.3 Å². The van der Waals surface area contributed by atoms with Crippen molar-refractivity contribution in [3.8, 4) is 11.5 Å². The largest absolute Gasteiger partial charge is 0.455 e. The van der Waals surface area contributed by atoms with Gasteiger partial charge in [-0.15, -0.1) is 0 Å². The van der Waals surface area contributed by atoms with Crippen molar-refractivity contribution in [3.05, 3.63) is 57.5 Å². The monoisotopic (exact) mass is 340 g/mol. The smallest absolute Gasteiger partial charge is 0.147 e. The second-order valence-electron chi connectivity index (χ2n) is 4.14. The van der Waals surface area contributed by atoms with Gasteiger partial charge in [-0.25, -0.2) is 0 Å². The summed E-state index contributed by atoms with van der Waals surface area (Å²) in [7, 11) is 0. The van der Waals surface area contributed by atoms with E-state index in [2.05, 4.69) is 15.9 Å². The Bertz CT molecular complexity index is 572. The van der Waals surface area contributed by atoms with E-state index in [1.165, 1.54) is 0 Å². The van der Waals surface area contributed by atoms with Gasteiger partial charge in [0.25, 0.3) is 0 Å². The van der Waals surface area contributed by atoms with E-state index < -0.39 is 6.10 Å². The molecule has 2 aromatic rings. The van der Waals surface area contributed by atoms with Crippen molar-refractivity contribution in [1.82, 2.24) is 0 Å². The zero-order valence-corrected chi connectivity index (χ0v) is 12.8. The van der Waals surface area contributed by atoms with Crippen LogP contribution in [0.15, 0.2) is 46.9 Å². The van der Waals surface area contributed by atoms with Crippen molar-refractivity contribution in [2.75, 3.05) is 0 Å². The molecule has 0 unspecified atom stereocenters. The van der Waals surface area contributed by atoms with E-state index in [4.69, 9.17) is 16.3 Å². The molecular weight excluding hydrogens is 328 g/mol. The molecule has 0 saturated carbocycles. The third-order valence-corrected chi connectivity index (χ3v) is 3.58. The molecule has 0 aromatic heterocycles. The molecule has 1 N–H and O–H groups in total. The minimum atomic E-state index is -0.540. The number of aliphatic hydroxyl groups is 1. The highest BCUT2D eigenvalue weighted by Crippen LogP contribution is 2.35. The van der Waals surface area contributed by atoms with Crippen molar-refractivity contribution < 1.29 is 9.84 Å². The third kappa shape index (κ3) is 3.50. The molecule has 0 aliphatic heterocycles. The van der Waals surface area contributed by atoms with E-state index in [0.29, 0.717) is 22.9 Å². The zero-order chi connectivity index (χ0) is 13.8. The summed E-state index contributed by atoms with van der Waals surface area (Å²) in [5.74, 6) is 1.18. The molecule has 1 atom stereocenters. The Kier molecular flexibility index (Phi) is 4.86. The summed E-state index contributed by atoms with van der Waals surface area (Å²) in [6.45, 7) is 1.92. The first-order valence-corrected chi connectivity index (χ1v) is 7.18. The molecule has 4 heteroatoms. The molecule has 2 aromatic carbocycles. The van der Waals surface area contributed by atoms with Crippen molar-refractivity contribution in [3.63, 3.8) is 0 Å². The van der Waals surface area contributed by atoms with Gasteiger partial charge in [0.05, 0.1) is 11.1 Å². The lowest BCUT2D eigenvalue weighted by atomic mass is 10.1. The van der Waals surface area contributed by atoms with Crippen LogP contribution in [0, 0.1) is 0 Å². The Labute approximate surface area is 126 Å². The highest BCUT2D eigenvalue weighted by atomic mass is 79.9. The number of rotatable bonds is 4. The summed E-state index contributed by atoms with van der Waals surface area (Å²) < 4.78 is 6.71. The first kappa shape index (κ1) is 14.4. The molecule has 0 radical (unpaired) electrons. The van der Waals surface area contributed by atoms with E-state index in [1.54, 1.807) is 12.1 Å². The maximum atomic E-state index is 9.99. The van der Waals surface area contributed by atoms with Crippen molar-refractivity contribution in [1.29, 1.82) is 0 Å². The lowest BCUT2D eigenvalue weighted by molar-refractivity contribution is 0.170. The van der Waals surface area contributed by atoms with Gasteiger partial charge in [-0.2, -0.15) is 0 Å². The number of ether oxygens (including phenoxy) is 1. The number of benzene rings is 2. The number of hydrogen-bond acceptors (Lipinski definition) is 2. The van der Waals surface area contributed by atoms with E-state index in [9.17, 15) is 5.11 Å². The van der Waals surface area contributed by atoms with Crippen LogP contribution in [0.3, 0.4) is 0 Å². The van der Waals surface area contributed by atoms with Crippen molar-refractivity contribution in [2.45, 2.75) is 19.4 Å². The number of para-hydroxylation sites is 1. The normalized spacial score (nSPS) is 12.2. The molecule has 0 heterocycles. The summed E-state index contributed by atoms with van der Waals surface area (Å²) >= 11 is 9.49. The van der Waals surface area contributed by atoms with Crippen LogP contribution in [0.25, 0.3) is 0 Å². The second-order valence-corrected chi connectivity index (χ2v) is 5.46. The van der Waals surface area contributed by atoms with Gasteiger partial charge >= 0.3 is 0 Å². The van der Waals surface area contributed by atoms with Gasteiger partial charge in [-0.1, -0.05) is 52.7 Å². The molecule has 2 rings (SSSR count). The molecule has 100 valence electrons. The molecule has 0 aliphatic rings. The zero-order valence-electron chi connectivity index (χ0n) is 10.4. The Morgan fingerprint density at radius 2 is 1.95 bits per heavy atom. The Hall–Kier alpha value is -1.03. The van der Waals surface area contributed by atoms with Gasteiger partial charge in [-0.3, -0.25) is 0 Å². The lowest BCUT2D eigenvalue weighted by Gasteiger charge is -2.15. The molecule has 0 amide bonds. The average molecular weight is 342 g/mol. The van der Waals surface area contributed by atoms with Crippen LogP contribution in [0.5, 0.6) is 11.5 Å². The van der Waals surface area contributed by atoms with Gasteiger partial charge in [-0.05, 0) is 30.7 Å². The molecule has 19 heavy (non-hydrogen) atoms. The minimum absolute atomic E-state index is 0.531. The van der Waals surface area contributed by atoms with Crippen LogP contribution in [-0.4, -0.2) is 5.11 Å². The van der Waals surface area contributed by atoms with E-state index in [0.717, 1.165) is 10.0 Å².